The minimum atomic E-state index is -0.243. The van der Waals surface area contributed by atoms with Crippen molar-refractivity contribution >= 4 is 5.91 Å². The van der Waals surface area contributed by atoms with Gasteiger partial charge >= 0.3 is 0 Å². The van der Waals surface area contributed by atoms with Crippen LogP contribution in [0.4, 0.5) is 0 Å². The summed E-state index contributed by atoms with van der Waals surface area (Å²) in [5, 5.41) is 7.59. The number of rotatable bonds is 5. The number of carbonyl (C=O) groups is 1. The van der Waals surface area contributed by atoms with Crippen LogP contribution in [0.3, 0.4) is 0 Å². The highest BCUT2D eigenvalue weighted by atomic mass is 16.2. The molecule has 138 valence electrons. The Morgan fingerprint density at radius 2 is 1.78 bits per heavy atom. The molecule has 1 saturated carbocycles. The maximum atomic E-state index is 12.8. The average molecular weight is 361 g/mol. The fraction of sp³-hybridized carbons (Fsp3) is 0.286. The van der Waals surface area contributed by atoms with E-state index < -0.39 is 0 Å². The Hall–Kier alpha value is -2.99. The molecule has 1 aliphatic carbocycles. The lowest BCUT2D eigenvalue weighted by Crippen LogP contribution is -2.40. The third-order valence-corrected chi connectivity index (χ3v) is 5.12. The van der Waals surface area contributed by atoms with Crippen LogP contribution in [0.2, 0.25) is 0 Å². The van der Waals surface area contributed by atoms with Gasteiger partial charge in [-0.1, -0.05) is 55.0 Å². The number of nitrogens with two attached hydrogens (primary N) is 1. The SMILES string of the molecule is NCC1CCCC1NC(=O)c1nc(-c2ccccc2)n(-c2ccccc2)n1. The lowest BCUT2D eigenvalue weighted by Gasteiger charge is -2.18. The maximum Gasteiger partial charge on any atom is 0.291 e. The van der Waals surface area contributed by atoms with Gasteiger partial charge in [-0.25, -0.2) is 9.67 Å². The van der Waals surface area contributed by atoms with E-state index in [0.29, 0.717) is 18.3 Å². The first-order valence-electron chi connectivity index (χ1n) is 9.35. The molecule has 0 aliphatic heterocycles. The van der Waals surface area contributed by atoms with Crippen molar-refractivity contribution in [3.05, 3.63) is 66.5 Å². The Bertz CT molecular complexity index is 850. The van der Waals surface area contributed by atoms with E-state index >= 15 is 0 Å². The van der Waals surface area contributed by atoms with E-state index in [1.807, 2.05) is 60.7 Å². The number of nitrogens with one attached hydrogen (secondary N) is 1. The number of hydrogen-bond donors (Lipinski definition) is 2. The van der Waals surface area contributed by atoms with Gasteiger partial charge in [0.1, 0.15) is 0 Å². The number of carbonyl (C=O) groups excluding carboxylic acids is 1. The van der Waals surface area contributed by atoms with Gasteiger partial charge in [0.25, 0.3) is 5.91 Å². The number of hydrogen-bond acceptors (Lipinski definition) is 4. The smallest absolute Gasteiger partial charge is 0.291 e. The van der Waals surface area contributed by atoms with Crippen molar-refractivity contribution in [1.29, 1.82) is 0 Å². The van der Waals surface area contributed by atoms with Crippen LogP contribution in [0.5, 0.6) is 0 Å². The van der Waals surface area contributed by atoms with Crippen LogP contribution in [-0.4, -0.2) is 33.3 Å². The summed E-state index contributed by atoms with van der Waals surface area (Å²) in [7, 11) is 0. The van der Waals surface area contributed by atoms with Crippen LogP contribution in [0, 0.1) is 5.92 Å². The molecule has 2 unspecified atom stereocenters. The number of para-hydroxylation sites is 1. The van der Waals surface area contributed by atoms with Gasteiger partial charge in [-0.05, 0) is 37.4 Å². The van der Waals surface area contributed by atoms with Gasteiger partial charge in [0, 0.05) is 11.6 Å². The van der Waals surface area contributed by atoms with E-state index in [-0.39, 0.29) is 17.8 Å². The largest absolute Gasteiger partial charge is 0.346 e. The van der Waals surface area contributed by atoms with E-state index in [4.69, 9.17) is 5.73 Å². The lowest BCUT2D eigenvalue weighted by atomic mass is 10.0. The Balaban J connectivity index is 1.68. The molecule has 1 heterocycles. The molecule has 0 spiro atoms. The summed E-state index contributed by atoms with van der Waals surface area (Å²) < 4.78 is 1.72. The normalized spacial score (nSPS) is 19.1. The molecule has 1 amide bonds. The van der Waals surface area contributed by atoms with Crippen molar-refractivity contribution < 1.29 is 4.79 Å². The monoisotopic (exact) mass is 361 g/mol. The summed E-state index contributed by atoms with van der Waals surface area (Å²) in [5.41, 5.74) is 7.61. The molecule has 0 saturated heterocycles. The summed E-state index contributed by atoms with van der Waals surface area (Å²) in [6.45, 7) is 0.589. The standard InChI is InChI=1S/C21H23N5O/c22-14-16-10-7-13-18(16)23-21(27)19-24-20(15-8-3-1-4-9-15)26(25-19)17-11-5-2-6-12-17/h1-6,8-9,11-12,16,18H,7,10,13-14,22H2,(H,23,27). The number of nitrogens with zero attached hydrogens (tertiary/aromatic N) is 3. The van der Waals surface area contributed by atoms with Crippen molar-refractivity contribution in [1.82, 2.24) is 20.1 Å². The van der Waals surface area contributed by atoms with Gasteiger partial charge in [-0.3, -0.25) is 4.79 Å². The molecule has 2 atom stereocenters. The predicted octanol–water partition coefficient (Wildman–Crippen LogP) is 2.79. The second-order valence-electron chi connectivity index (χ2n) is 6.88. The number of amides is 1. The Kier molecular flexibility index (Phi) is 4.98. The molecule has 1 fully saturated rings. The molecule has 2 aromatic carbocycles. The highest BCUT2D eigenvalue weighted by Gasteiger charge is 2.29. The number of benzene rings is 2. The Labute approximate surface area is 158 Å². The van der Waals surface area contributed by atoms with Crippen molar-refractivity contribution in [3.63, 3.8) is 0 Å². The van der Waals surface area contributed by atoms with E-state index in [1.165, 1.54) is 0 Å². The topological polar surface area (TPSA) is 85.8 Å². The van der Waals surface area contributed by atoms with Crippen LogP contribution in [0.1, 0.15) is 29.9 Å². The Morgan fingerprint density at radius 1 is 1.07 bits per heavy atom. The second kappa shape index (κ2) is 7.72. The molecule has 0 bridgehead atoms. The van der Waals surface area contributed by atoms with E-state index in [0.717, 1.165) is 30.5 Å². The predicted molar refractivity (Wildman–Crippen MR) is 104 cm³/mol. The molecule has 1 aromatic heterocycles. The molecule has 6 nitrogen and oxygen atoms in total. The first-order valence-corrected chi connectivity index (χ1v) is 9.35. The summed E-state index contributed by atoms with van der Waals surface area (Å²) in [5.74, 6) is 0.917. The average Bonchev–Trinajstić information content (AvgIpc) is 3.36. The highest BCUT2D eigenvalue weighted by molar-refractivity contribution is 5.91. The lowest BCUT2D eigenvalue weighted by molar-refractivity contribution is 0.0918. The summed E-state index contributed by atoms with van der Waals surface area (Å²) in [6.07, 6.45) is 3.11. The molecule has 4 rings (SSSR count). The zero-order valence-electron chi connectivity index (χ0n) is 15.1. The summed E-state index contributed by atoms with van der Waals surface area (Å²) >= 11 is 0. The zero-order valence-corrected chi connectivity index (χ0v) is 15.1. The first-order chi connectivity index (χ1) is 13.3. The summed E-state index contributed by atoms with van der Waals surface area (Å²) in [4.78, 5) is 17.4. The second-order valence-corrected chi connectivity index (χ2v) is 6.88. The van der Waals surface area contributed by atoms with Crippen LogP contribution >= 0.6 is 0 Å². The van der Waals surface area contributed by atoms with Gasteiger partial charge in [0.2, 0.25) is 5.82 Å². The third kappa shape index (κ3) is 3.61. The van der Waals surface area contributed by atoms with Crippen molar-refractivity contribution in [2.45, 2.75) is 25.3 Å². The van der Waals surface area contributed by atoms with E-state index in [1.54, 1.807) is 4.68 Å². The third-order valence-electron chi connectivity index (χ3n) is 5.12. The molecule has 3 aromatic rings. The zero-order chi connectivity index (χ0) is 18.6. The molecule has 1 aliphatic rings. The fourth-order valence-corrected chi connectivity index (χ4v) is 3.67. The quantitative estimate of drug-likeness (QED) is 0.732. The highest BCUT2D eigenvalue weighted by Crippen LogP contribution is 2.25. The van der Waals surface area contributed by atoms with Crippen LogP contribution in [0.25, 0.3) is 17.1 Å². The minimum absolute atomic E-state index is 0.103. The van der Waals surface area contributed by atoms with Crippen molar-refractivity contribution in [3.8, 4) is 17.1 Å². The van der Waals surface area contributed by atoms with Crippen LogP contribution in [0.15, 0.2) is 60.7 Å². The van der Waals surface area contributed by atoms with Crippen molar-refractivity contribution in [2.75, 3.05) is 6.54 Å². The molecule has 27 heavy (non-hydrogen) atoms. The molecule has 6 heteroatoms. The summed E-state index contributed by atoms with van der Waals surface area (Å²) in [6, 6.07) is 19.6. The van der Waals surface area contributed by atoms with E-state index in [2.05, 4.69) is 15.4 Å². The Morgan fingerprint density at radius 3 is 2.48 bits per heavy atom. The molecular formula is C21H23N5O. The van der Waals surface area contributed by atoms with Gasteiger partial charge in [0.05, 0.1) is 5.69 Å². The van der Waals surface area contributed by atoms with Gasteiger partial charge < -0.3 is 11.1 Å². The van der Waals surface area contributed by atoms with Gasteiger partial charge in [-0.15, -0.1) is 5.10 Å². The first kappa shape index (κ1) is 17.4. The van der Waals surface area contributed by atoms with Crippen LogP contribution in [-0.2, 0) is 0 Å². The minimum Gasteiger partial charge on any atom is -0.346 e. The van der Waals surface area contributed by atoms with Gasteiger partial charge in [0.15, 0.2) is 5.82 Å². The van der Waals surface area contributed by atoms with Gasteiger partial charge in [-0.2, -0.15) is 0 Å². The molecule has 0 radical (unpaired) electrons. The molecular weight excluding hydrogens is 338 g/mol. The molecule has 3 N–H and O–H groups in total. The number of aromatic nitrogens is 3. The fourth-order valence-electron chi connectivity index (χ4n) is 3.67. The van der Waals surface area contributed by atoms with Crippen molar-refractivity contribution in [2.24, 2.45) is 11.7 Å². The maximum absolute atomic E-state index is 12.8. The van der Waals surface area contributed by atoms with Crippen LogP contribution < -0.4 is 11.1 Å². The van der Waals surface area contributed by atoms with E-state index in [9.17, 15) is 4.79 Å².